The number of hydrogen-bond acceptors (Lipinski definition) is 4. The van der Waals surface area contributed by atoms with Crippen molar-refractivity contribution in [3.8, 4) is 0 Å². The Balaban J connectivity index is 1.57. The fourth-order valence-electron chi connectivity index (χ4n) is 4.29. The summed E-state index contributed by atoms with van der Waals surface area (Å²) in [5.41, 5.74) is 0. The number of aliphatic hydroxyl groups is 1. The molecular formula is C19H32N2OS. The molecular weight excluding hydrogens is 304 g/mol. The van der Waals surface area contributed by atoms with E-state index in [2.05, 4.69) is 35.8 Å². The second kappa shape index (κ2) is 8.11. The van der Waals surface area contributed by atoms with Gasteiger partial charge in [0.05, 0.1) is 0 Å². The summed E-state index contributed by atoms with van der Waals surface area (Å²) in [7, 11) is 0. The molecule has 4 heteroatoms. The normalized spacial score (nSPS) is 24.8. The number of rotatable bonds is 6. The Morgan fingerprint density at radius 1 is 1.22 bits per heavy atom. The molecule has 0 radical (unpaired) electrons. The molecule has 130 valence electrons. The predicted octanol–water partition coefficient (Wildman–Crippen LogP) is 3.68. The summed E-state index contributed by atoms with van der Waals surface area (Å²) in [6, 6.07) is 5.81. The number of thiophene rings is 1. The van der Waals surface area contributed by atoms with Crippen LogP contribution in [0.3, 0.4) is 0 Å². The summed E-state index contributed by atoms with van der Waals surface area (Å²) in [5.74, 6) is 0.841. The van der Waals surface area contributed by atoms with Gasteiger partial charge in [0.25, 0.3) is 0 Å². The molecule has 1 aromatic heterocycles. The summed E-state index contributed by atoms with van der Waals surface area (Å²) in [4.78, 5) is 8.28. The predicted molar refractivity (Wildman–Crippen MR) is 98.1 cm³/mol. The van der Waals surface area contributed by atoms with Crippen LogP contribution >= 0.6 is 11.3 Å². The molecule has 1 aliphatic heterocycles. The maximum absolute atomic E-state index is 9.38. The lowest BCUT2D eigenvalue weighted by atomic mass is 10.1. The van der Waals surface area contributed by atoms with Crippen LogP contribution < -0.4 is 0 Å². The first-order chi connectivity index (χ1) is 11.2. The second-order valence-electron chi connectivity index (χ2n) is 7.52. The minimum Gasteiger partial charge on any atom is -0.396 e. The van der Waals surface area contributed by atoms with E-state index < -0.39 is 0 Å². The second-order valence-corrected chi connectivity index (χ2v) is 8.72. The third kappa shape index (κ3) is 4.36. The average Bonchev–Trinajstić information content (AvgIpc) is 3.18. The molecule has 0 bridgehead atoms. The molecule has 3 nitrogen and oxygen atoms in total. The van der Waals surface area contributed by atoms with Crippen molar-refractivity contribution in [2.75, 3.05) is 26.2 Å². The molecule has 2 heterocycles. The lowest BCUT2D eigenvalue weighted by Gasteiger charge is -2.43. The van der Waals surface area contributed by atoms with Crippen LogP contribution in [0, 0.1) is 0 Å². The lowest BCUT2D eigenvalue weighted by Crippen LogP contribution is -2.55. The molecule has 0 amide bonds. The molecule has 1 aliphatic carbocycles. The third-order valence-electron chi connectivity index (χ3n) is 5.56. The summed E-state index contributed by atoms with van der Waals surface area (Å²) in [6.45, 7) is 9.30. The molecule has 1 N–H and O–H groups in total. The van der Waals surface area contributed by atoms with Crippen LogP contribution in [-0.4, -0.2) is 53.2 Å². The smallest absolute Gasteiger partial charge is 0.0446 e. The van der Waals surface area contributed by atoms with E-state index in [-0.39, 0.29) is 0 Å². The van der Waals surface area contributed by atoms with Gasteiger partial charge in [-0.1, -0.05) is 12.8 Å². The summed E-state index contributed by atoms with van der Waals surface area (Å²) < 4.78 is 0. The van der Waals surface area contributed by atoms with Crippen LogP contribution in [0.5, 0.6) is 0 Å². The van der Waals surface area contributed by atoms with Crippen LogP contribution in [0.2, 0.25) is 0 Å². The number of nitrogens with zero attached hydrogens (tertiary/aromatic N) is 2. The zero-order chi connectivity index (χ0) is 16.2. The highest BCUT2D eigenvalue weighted by Crippen LogP contribution is 2.37. The van der Waals surface area contributed by atoms with E-state index >= 15 is 0 Å². The molecule has 1 saturated heterocycles. The van der Waals surface area contributed by atoms with Crippen molar-refractivity contribution in [1.29, 1.82) is 0 Å². The van der Waals surface area contributed by atoms with Crippen molar-refractivity contribution in [2.45, 2.75) is 70.5 Å². The van der Waals surface area contributed by atoms with Crippen molar-refractivity contribution in [3.05, 3.63) is 21.9 Å². The van der Waals surface area contributed by atoms with Gasteiger partial charge in [0.2, 0.25) is 0 Å². The Labute approximate surface area is 145 Å². The first-order valence-electron chi connectivity index (χ1n) is 9.35. The lowest BCUT2D eigenvalue weighted by molar-refractivity contribution is 0.0353. The van der Waals surface area contributed by atoms with Gasteiger partial charge in [-0.15, -0.1) is 11.3 Å². The molecule has 2 aliphatic rings. The van der Waals surface area contributed by atoms with E-state index in [0.29, 0.717) is 18.7 Å². The first-order valence-corrected chi connectivity index (χ1v) is 10.2. The standard InChI is InChI=1S/C19H32N2OS/c1-15(2)21-11-10-20(13-17(21)9-12-22)14-18-7-8-19(23-18)16-5-3-4-6-16/h7-8,15-17,22H,3-6,9-14H2,1-2H3/t17-/m0/s1. The highest BCUT2D eigenvalue weighted by molar-refractivity contribution is 7.12. The molecule has 0 aromatic carbocycles. The summed E-state index contributed by atoms with van der Waals surface area (Å²) in [6.07, 6.45) is 6.51. The largest absolute Gasteiger partial charge is 0.396 e. The zero-order valence-electron chi connectivity index (χ0n) is 14.7. The van der Waals surface area contributed by atoms with Crippen molar-refractivity contribution < 1.29 is 5.11 Å². The van der Waals surface area contributed by atoms with Gasteiger partial charge in [-0.3, -0.25) is 9.80 Å². The topological polar surface area (TPSA) is 26.7 Å². The van der Waals surface area contributed by atoms with E-state index in [1.165, 1.54) is 30.6 Å². The Kier molecular flexibility index (Phi) is 6.13. The maximum atomic E-state index is 9.38. The monoisotopic (exact) mass is 336 g/mol. The summed E-state index contributed by atoms with van der Waals surface area (Å²) >= 11 is 2.04. The van der Waals surface area contributed by atoms with E-state index in [4.69, 9.17) is 0 Å². The SMILES string of the molecule is CC(C)N1CCN(Cc2ccc(C3CCCC3)s2)C[C@@H]1CCO. The Morgan fingerprint density at radius 3 is 2.70 bits per heavy atom. The molecule has 1 atom stereocenters. The molecule has 0 spiro atoms. The first kappa shape index (κ1) is 17.4. The van der Waals surface area contributed by atoms with Gasteiger partial charge in [0, 0.05) is 54.6 Å². The fraction of sp³-hybridized carbons (Fsp3) is 0.789. The fourth-order valence-corrected chi connectivity index (χ4v) is 5.52. The van der Waals surface area contributed by atoms with Crippen molar-refractivity contribution in [1.82, 2.24) is 9.80 Å². The highest BCUT2D eigenvalue weighted by atomic mass is 32.1. The average molecular weight is 337 g/mol. The highest BCUT2D eigenvalue weighted by Gasteiger charge is 2.28. The van der Waals surface area contributed by atoms with Gasteiger partial charge in [-0.05, 0) is 51.2 Å². The van der Waals surface area contributed by atoms with Gasteiger partial charge in [0.15, 0.2) is 0 Å². The number of aliphatic hydroxyl groups excluding tert-OH is 1. The van der Waals surface area contributed by atoms with Gasteiger partial charge >= 0.3 is 0 Å². The molecule has 23 heavy (non-hydrogen) atoms. The van der Waals surface area contributed by atoms with Crippen LogP contribution in [0.4, 0.5) is 0 Å². The molecule has 0 unspecified atom stereocenters. The van der Waals surface area contributed by atoms with Crippen LogP contribution in [-0.2, 0) is 6.54 Å². The Hall–Kier alpha value is -0.420. The maximum Gasteiger partial charge on any atom is 0.0446 e. The van der Waals surface area contributed by atoms with Crippen LogP contribution in [0.25, 0.3) is 0 Å². The van der Waals surface area contributed by atoms with E-state index in [1.807, 2.05) is 11.3 Å². The van der Waals surface area contributed by atoms with Gasteiger partial charge in [0.1, 0.15) is 0 Å². The summed E-state index contributed by atoms with van der Waals surface area (Å²) in [5, 5.41) is 9.38. The van der Waals surface area contributed by atoms with Crippen molar-refractivity contribution >= 4 is 11.3 Å². The Bertz CT molecular complexity index is 481. The minimum absolute atomic E-state index is 0.298. The van der Waals surface area contributed by atoms with Gasteiger partial charge < -0.3 is 5.11 Å². The zero-order valence-corrected chi connectivity index (χ0v) is 15.5. The van der Waals surface area contributed by atoms with Crippen molar-refractivity contribution in [2.24, 2.45) is 0 Å². The number of piperazine rings is 1. The molecule has 2 fully saturated rings. The van der Waals surface area contributed by atoms with E-state index in [1.54, 1.807) is 4.88 Å². The number of hydrogen-bond donors (Lipinski definition) is 1. The van der Waals surface area contributed by atoms with Crippen molar-refractivity contribution in [3.63, 3.8) is 0 Å². The van der Waals surface area contributed by atoms with E-state index in [0.717, 1.165) is 38.5 Å². The van der Waals surface area contributed by atoms with E-state index in [9.17, 15) is 5.11 Å². The minimum atomic E-state index is 0.298. The van der Waals surface area contributed by atoms with Crippen LogP contribution in [0.1, 0.15) is 61.6 Å². The van der Waals surface area contributed by atoms with Crippen LogP contribution in [0.15, 0.2) is 12.1 Å². The molecule has 1 aromatic rings. The molecule has 1 saturated carbocycles. The quantitative estimate of drug-likeness (QED) is 0.858. The van der Waals surface area contributed by atoms with Gasteiger partial charge in [-0.25, -0.2) is 0 Å². The third-order valence-corrected chi connectivity index (χ3v) is 6.79. The Morgan fingerprint density at radius 2 is 2.00 bits per heavy atom. The van der Waals surface area contributed by atoms with Gasteiger partial charge in [-0.2, -0.15) is 0 Å². The molecule has 3 rings (SSSR count).